The summed E-state index contributed by atoms with van der Waals surface area (Å²) in [6, 6.07) is 1.22. The van der Waals surface area contributed by atoms with E-state index in [1.165, 1.54) is 45.1 Å². The third kappa shape index (κ3) is 2.43. The summed E-state index contributed by atoms with van der Waals surface area (Å²) >= 11 is 0. The van der Waals surface area contributed by atoms with Gasteiger partial charge >= 0.3 is 0 Å². The Balaban J connectivity index is 1.88. The average Bonchev–Trinajstić information content (AvgIpc) is 2.70. The van der Waals surface area contributed by atoms with Crippen LogP contribution in [0.25, 0.3) is 0 Å². The van der Waals surface area contributed by atoms with Crippen molar-refractivity contribution in [1.29, 1.82) is 0 Å². The molecule has 2 fully saturated rings. The topological polar surface area (TPSA) is 23.5 Å². The maximum atomic E-state index is 9.49. The molecule has 0 aromatic rings. The monoisotopic (exact) mass is 225 g/mol. The fraction of sp³-hybridized carbons (Fsp3) is 1.00. The predicted molar refractivity (Wildman–Crippen MR) is 67.4 cm³/mol. The van der Waals surface area contributed by atoms with E-state index in [0.29, 0.717) is 18.6 Å². The van der Waals surface area contributed by atoms with E-state index in [-0.39, 0.29) is 0 Å². The molecule has 2 unspecified atom stereocenters. The number of nitrogens with zero attached hydrogens (tertiary/aromatic N) is 1. The van der Waals surface area contributed by atoms with Crippen molar-refractivity contribution in [3.05, 3.63) is 0 Å². The van der Waals surface area contributed by atoms with E-state index < -0.39 is 0 Å². The van der Waals surface area contributed by atoms with Gasteiger partial charge < -0.3 is 5.11 Å². The van der Waals surface area contributed by atoms with Gasteiger partial charge in [0.05, 0.1) is 6.61 Å². The molecule has 0 radical (unpaired) electrons. The molecule has 0 aromatic carbocycles. The Morgan fingerprint density at radius 2 is 1.81 bits per heavy atom. The second-order valence-electron chi connectivity index (χ2n) is 5.84. The van der Waals surface area contributed by atoms with E-state index in [4.69, 9.17) is 0 Å². The van der Waals surface area contributed by atoms with Crippen LogP contribution in [-0.2, 0) is 0 Å². The lowest BCUT2D eigenvalue weighted by Crippen LogP contribution is -2.44. The number of likely N-dealkylation sites (tertiary alicyclic amines) is 1. The lowest BCUT2D eigenvalue weighted by atomic mass is 9.83. The molecule has 0 aromatic heterocycles. The van der Waals surface area contributed by atoms with Gasteiger partial charge in [-0.3, -0.25) is 4.90 Å². The van der Waals surface area contributed by atoms with Gasteiger partial charge in [0, 0.05) is 12.1 Å². The minimum absolute atomic E-state index is 0.356. The minimum Gasteiger partial charge on any atom is -0.395 e. The molecule has 2 nitrogen and oxygen atoms in total. The Morgan fingerprint density at radius 1 is 1.12 bits per heavy atom. The van der Waals surface area contributed by atoms with Crippen LogP contribution in [-0.4, -0.2) is 35.2 Å². The summed E-state index contributed by atoms with van der Waals surface area (Å²) in [5, 5.41) is 9.49. The highest BCUT2D eigenvalue weighted by Crippen LogP contribution is 2.34. The van der Waals surface area contributed by atoms with E-state index in [0.717, 1.165) is 12.0 Å². The molecule has 2 heteroatoms. The van der Waals surface area contributed by atoms with E-state index in [2.05, 4.69) is 18.7 Å². The van der Waals surface area contributed by atoms with Crippen molar-refractivity contribution in [1.82, 2.24) is 4.90 Å². The van der Waals surface area contributed by atoms with Gasteiger partial charge in [0.15, 0.2) is 0 Å². The standard InChI is InChI=1S/C14H27NO/c1-3-12-4-6-13(7-5-12)15-9-8-11(2)14(15)10-16/h11-14,16H,3-10H2,1-2H3. The molecule has 0 spiro atoms. The van der Waals surface area contributed by atoms with Crippen molar-refractivity contribution in [2.24, 2.45) is 11.8 Å². The quantitative estimate of drug-likeness (QED) is 0.798. The van der Waals surface area contributed by atoms with Crippen LogP contribution in [0, 0.1) is 11.8 Å². The van der Waals surface area contributed by atoms with Crippen molar-refractivity contribution in [2.75, 3.05) is 13.2 Å². The first-order valence-electron chi connectivity index (χ1n) is 7.12. The fourth-order valence-corrected chi connectivity index (χ4v) is 3.66. The molecule has 1 N–H and O–H groups in total. The van der Waals surface area contributed by atoms with Gasteiger partial charge in [-0.25, -0.2) is 0 Å². The molecule has 2 aliphatic rings. The van der Waals surface area contributed by atoms with Gasteiger partial charge in [0.2, 0.25) is 0 Å². The van der Waals surface area contributed by atoms with Crippen molar-refractivity contribution < 1.29 is 5.11 Å². The van der Waals surface area contributed by atoms with E-state index >= 15 is 0 Å². The zero-order chi connectivity index (χ0) is 11.5. The molecule has 0 amide bonds. The highest BCUT2D eigenvalue weighted by atomic mass is 16.3. The molecule has 0 bridgehead atoms. The number of rotatable bonds is 3. The Kier molecular flexibility index (Phi) is 4.26. The number of aliphatic hydroxyl groups is 1. The minimum atomic E-state index is 0.356. The van der Waals surface area contributed by atoms with Gasteiger partial charge in [0.25, 0.3) is 0 Å². The van der Waals surface area contributed by atoms with Crippen molar-refractivity contribution in [2.45, 2.75) is 64.5 Å². The summed E-state index contributed by atoms with van der Waals surface area (Å²) in [4.78, 5) is 2.61. The average molecular weight is 225 g/mol. The van der Waals surface area contributed by atoms with Crippen LogP contribution in [0.3, 0.4) is 0 Å². The highest BCUT2D eigenvalue weighted by molar-refractivity contribution is 4.90. The molecule has 94 valence electrons. The van der Waals surface area contributed by atoms with Crippen LogP contribution in [0.1, 0.15) is 52.4 Å². The van der Waals surface area contributed by atoms with Crippen molar-refractivity contribution in [3.63, 3.8) is 0 Å². The molecule has 1 heterocycles. The lowest BCUT2D eigenvalue weighted by molar-refractivity contribution is 0.0749. The molecule has 1 aliphatic heterocycles. The zero-order valence-electron chi connectivity index (χ0n) is 10.9. The smallest absolute Gasteiger partial charge is 0.0589 e. The van der Waals surface area contributed by atoms with Crippen molar-refractivity contribution in [3.8, 4) is 0 Å². The van der Waals surface area contributed by atoms with Gasteiger partial charge in [-0.2, -0.15) is 0 Å². The normalized spacial score (nSPS) is 41.4. The van der Waals surface area contributed by atoms with E-state index in [1.54, 1.807) is 0 Å². The molecule has 2 atom stereocenters. The predicted octanol–water partition coefficient (Wildman–Crippen LogP) is 2.66. The lowest BCUT2D eigenvalue weighted by Gasteiger charge is -2.38. The van der Waals surface area contributed by atoms with Gasteiger partial charge in [-0.1, -0.05) is 20.3 Å². The number of hydrogen-bond donors (Lipinski definition) is 1. The van der Waals surface area contributed by atoms with Gasteiger partial charge in [-0.15, -0.1) is 0 Å². The van der Waals surface area contributed by atoms with E-state index in [1.807, 2.05) is 0 Å². The van der Waals surface area contributed by atoms with Gasteiger partial charge in [-0.05, 0) is 50.5 Å². The first-order valence-corrected chi connectivity index (χ1v) is 7.12. The SMILES string of the molecule is CCC1CCC(N2CCC(C)C2CO)CC1. The van der Waals surface area contributed by atoms with Crippen LogP contribution < -0.4 is 0 Å². The summed E-state index contributed by atoms with van der Waals surface area (Å²) in [5.74, 6) is 1.66. The third-order valence-corrected chi connectivity index (χ3v) is 4.98. The summed E-state index contributed by atoms with van der Waals surface area (Å²) in [7, 11) is 0. The summed E-state index contributed by atoms with van der Waals surface area (Å²) in [5.41, 5.74) is 0. The van der Waals surface area contributed by atoms with E-state index in [9.17, 15) is 5.11 Å². The van der Waals surface area contributed by atoms with Crippen LogP contribution >= 0.6 is 0 Å². The fourth-order valence-electron chi connectivity index (χ4n) is 3.66. The Hall–Kier alpha value is -0.0800. The molecular weight excluding hydrogens is 198 g/mol. The molecule has 1 saturated heterocycles. The van der Waals surface area contributed by atoms with Crippen LogP contribution in [0.5, 0.6) is 0 Å². The molecule has 16 heavy (non-hydrogen) atoms. The Morgan fingerprint density at radius 3 is 2.38 bits per heavy atom. The summed E-state index contributed by atoms with van der Waals surface area (Å²) < 4.78 is 0. The summed E-state index contributed by atoms with van der Waals surface area (Å²) in [6.07, 6.45) is 8.17. The summed E-state index contributed by atoms with van der Waals surface area (Å²) in [6.45, 7) is 6.18. The molecule has 1 saturated carbocycles. The first-order chi connectivity index (χ1) is 7.76. The van der Waals surface area contributed by atoms with Crippen molar-refractivity contribution >= 4 is 0 Å². The largest absolute Gasteiger partial charge is 0.395 e. The first kappa shape index (κ1) is 12.4. The van der Waals surface area contributed by atoms with Crippen LogP contribution in [0.4, 0.5) is 0 Å². The second-order valence-corrected chi connectivity index (χ2v) is 5.84. The molecule has 1 aliphatic carbocycles. The second kappa shape index (κ2) is 5.50. The van der Waals surface area contributed by atoms with Crippen LogP contribution in [0.2, 0.25) is 0 Å². The van der Waals surface area contributed by atoms with Gasteiger partial charge in [0.1, 0.15) is 0 Å². The maximum absolute atomic E-state index is 9.49. The molecular formula is C14H27NO. The highest BCUT2D eigenvalue weighted by Gasteiger charge is 2.36. The number of hydrogen-bond acceptors (Lipinski definition) is 2. The zero-order valence-corrected chi connectivity index (χ0v) is 10.9. The number of aliphatic hydroxyl groups excluding tert-OH is 1. The maximum Gasteiger partial charge on any atom is 0.0589 e. The third-order valence-electron chi connectivity index (χ3n) is 4.98. The van der Waals surface area contributed by atoms with Crippen LogP contribution in [0.15, 0.2) is 0 Å². The Labute approximate surface area is 100 Å². The Bertz CT molecular complexity index is 211. The molecule has 2 rings (SSSR count).